The first-order chi connectivity index (χ1) is 14.8. The lowest BCUT2D eigenvalue weighted by Crippen LogP contribution is -2.25. The predicted octanol–water partition coefficient (Wildman–Crippen LogP) is 3.72. The number of ether oxygens (including phenoxy) is 1. The first-order valence-electron chi connectivity index (χ1n) is 9.50. The standard InChI is InChI=1S/C23H21NO6S/c1-2-30-23(27)21(22(26)16-9-5-3-6-10-16)19-15-17(13-14-20(19)25)24-31(28,29)18-11-7-4-8-12-18/h3-15,21,24-25H,2H2,1H3/t21-/m0/s1. The number of esters is 1. The van der Waals surface area contributed by atoms with E-state index in [1.165, 1.54) is 30.3 Å². The van der Waals surface area contributed by atoms with Crippen LogP contribution in [0.25, 0.3) is 0 Å². The molecule has 1 atom stereocenters. The maximum Gasteiger partial charge on any atom is 0.321 e. The van der Waals surface area contributed by atoms with Gasteiger partial charge < -0.3 is 9.84 Å². The van der Waals surface area contributed by atoms with Gasteiger partial charge in [-0.3, -0.25) is 14.3 Å². The summed E-state index contributed by atoms with van der Waals surface area (Å²) < 4.78 is 32.7. The van der Waals surface area contributed by atoms with Crippen LogP contribution in [0.3, 0.4) is 0 Å². The van der Waals surface area contributed by atoms with Crippen molar-refractivity contribution in [2.75, 3.05) is 11.3 Å². The van der Waals surface area contributed by atoms with Gasteiger partial charge >= 0.3 is 5.97 Å². The van der Waals surface area contributed by atoms with E-state index in [4.69, 9.17) is 4.74 Å². The summed E-state index contributed by atoms with van der Waals surface area (Å²) in [6, 6.07) is 19.7. The van der Waals surface area contributed by atoms with Crippen molar-refractivity contribution >= 4 is 27.5 Å². The minimum Gasteiger partial charge on any atom is -0.508 e. The summed E-state index contributed by atoms with van der Waals surface area (Å²) in [4.78, 5) is 25.8. The first kappa shape index (κ1) is 22.0. The number of phenols is 1. The molecule has 3 aromatic rings. The van der Waals surface area contributed by atoms with Gasteiger partial charge in [-0.1, -0.05) is 48.5 Å². The molecule has 2 N–H and O–H groups in total. The Morgan fingerprint density at radius 1 is 0.968 bits per heavy atom. The molecule has 0 aliphatic heterocycles. The number of ketones is 1. The number of phenolic OH excluding ortho intramolecular Hbond substituents is 1. The van der Waals surface area contributed by atoms with Gasteiger partial charge in [-0.05, 0) is 37.3 Å². The second-order valence-electron chi connectivity index (χ2n) is 6.61. The highest BCUT2D eigenvalue weighted by Gasteiger charge is 2.33. The molecule has 8 heteroatoms. The highest BCUT2D eigenvalue weighted by atomic mass is 32.2. The lowest BCUT2D eigenvalue weighted by atomic mass is 9.89. The second-order valence-corrected chi connectivity index (χ2v) is 8.29. The number of carbonyl (C=O) groups excluding carboxylic acids is 2. The lowest BCUT2D eigenvalue weighted by Gasteiger charge is -2.18. The molecule has 0 aliphatic carbocycles. The van der Waals surface area contributed by atoms with E-state index in [0.29, 0.717) is 0 Å². The van der Waals surface area contributed by atoms with Crippen molar-refractivity contribution in [3.8, 4) is 5.75 Å². The summed E-state index contributed by atoms with van der Waals surface area (Å²) in [6.07, 6.45) is 0. The molecule has 3 rings (SSSR count). The molecule has 0 radical (unpaired) electrons. The van der Waals surface area contributed by atoms with Crippen molar-refractivity contribution in [2.24, 2.45) is 0 Å². The lowest BCUT2D eigenvalue weighted by molar-refractivity contribution is -0.143. The Bertz CT molecular complexity index is 1180. The number of anilines is 1. The summed E-state index contributed by atoms with van der Waals surface area (Å²) in [5, 5.41) is 10.4. The topological polar surface area (TPSA) is 110 Å². The minimum absolute atomic E-state index is 0.0402. The molecule has 0 amide bonds. The Labute approximate surface area is 180 Å². The Balaban J connectivity index is 2.02. The summed E-state index contributed by atoms with van der Waals surface area (Å²) in [7, 11) is -3.90. The second kappa shape index (κ2) is 9.44. The van der Waals surface area contributed by atoms with E-state index in [1.807, 2.05) is 0 Å². The third kappa shape index (κ3) is 5.10. The van der Waals surface area contributed by atoms with E-state index in [1.54, 1.807) is 55.5 Å². The fourth-order valence-electron chi connectivity index (χ4n) is 3.03. The normalized spacial score (nSPS) is 12.0. The third-order valence-electron chi connectivity index (χ3n) is 4.49. The SMILES string of the molecule is CCOC(=O)[C@H](C(=O)c1ccccc1)c1cc(NS(=O)(=O)c2ccccc2)ccc1O. The smallest absolute Gasteiger partial charge is 0.321 e. The minimum atomic E-state index is -3.90. The van der Waals surface area contributed by atoms with Crippen molar-refractivity contribution in [1.29, 1.82) is 0 Å². The van der Waals surface area contributed by atoms with Crippen LogP contribution in [0.1, 0.15) is 28.8 Å². The van der Waals surface area contributed by atoms with Crippen LogP contribution in [0, 0.1) is 0 Å². The summed E-state index contributed by atoms with van der Waals surface area (Å²) in [6.45, 7) is 1.64. The van der Waals surface area contributed by atoms with Crippen molar-refractivity contribution in [1.82, 2.24) is 0 Å². The molecule has 0 aromatic heterocycles. The van der Waals surface area contributed by atoms with Crippen molar-refractivity contribution in [3.05, 3.63) is 90.0 Å². The zero-order chi connectivity index (χ0) is 22.4. The van der Waals surface area contributed by atoms with Crippen molar-refractivity contribution in [2.45, 2.75) is 17.7 Å². The molecule has 7 nitrogen and oxygen atoms in total. The number of Topliss-reactive ketones (excluding diaryl/α,β-unsaturated/α-hetero) is 1. The number of hydrogen-bond donors (Lipinski definition) is 2. The molecule has 3 aromatic carbocycles. The van der Waals surface area contributed by atoms with Gasteiger partial charge in [-0.2, -0.15) is 0 Å². The maximum absolute atomic E-state index is 13.1. The zero-order valence-electron chi connectivity index (χ0n) is 16.7. The van der Waals surface area contributed by atoms with Gasteiger partial charge in [-0.25, -0.2) is 8.42 Å². The fraction of sp³-hybridized carbons (Fsp3) is 0.130. The van der Waals surface area contributed by atoms with Crippen LogP contribution >= 0.6 is 0 Å². The molecule has 0 spiro atoms. The first-order valence-corrected chi connectivity index (χ1v) is 11.0. The molecule has 0 saturated carbocycles. The van der Waals surface area contributed by atoms with Crippen LogP contribution in [0.4, 0.5) is 5.69 Å². The Hall–Kier alpha value is -3.65. The van der Waals surface area contributed by atoms with E-state index in [9.17, 15) is 23.1 Å². The summed E-state index contributed by atoms with van der Waals surface area (Å²) in [5.74, 6) is -3.19. The Kier molecular flexibility index (Phi) is 6.71. The number of hydrogen-bond acceptors (Lipinski definition) is 6. The van der Waals surface area contributed by atoms with Crippen LogP contribution in [0.15, 0.2) is 83.8 Å². The van der Waals surface area contributed by atoms with Crippen LogP contribution in [-0.4, -0.2) is 31.9 Å². The fourth-order valence-corrected chi connectivity index (χ4v) is 4.10. The van der Waals surface area contributed by atoms with E-state index < -0.39 is 27.7 Å². The van der Waals surface area contributed by atoms with E-state index in [-0.39, 0.29) is 34.1 Å². The van der Waals surface area contributed by atoms with Gasteiger partial charge in [0.05, 0.1) is 11.5 Å². The number of carbonyl (C=O) groups is 2. The average molecular weight is 439 g/mol. The molecule has 0 heterocycles. The molecule has 0 fully saturated rings. The van der Waals surface area contributed by atoms with E-state index >= 15 is 0 Å². The number of rotatable bonds is 8. The average Bonchev–Trinajstić information content (AvgIpc) is 2.77. The maximum atomic E-state index is 13.1. The molecule has 160 valence electrons. The van der Waals surface area contributed by atoms with Gasteiger partial charge in [0.1, 0.15) is 11.7 Å². The van der Waals surface area contributed by atoms with Crippen molar-refractivity contribution in [3.63, 3.8) is 0 Å². The monoisotopic (exact) mass is 439 g/mol. The van der Waals surface area contributed by atoms with E-state index in [0.717, 1.165) is 0 Å². The van der Waals surface area contributed by atoms with Gasteiger partial charge in [0.2, 0.25) is 0 Å². The molecule has 31 heavy (non-hydrogen) atoms. The number of nitrogens with one attached hydrogen (secondary N) is 1. The van der Waals surface area contributed by atoms with E-state index in [2.05, 4.69) is 4.72 Å². The molecule has 0 aliphatic rings. The van der Waals surface area contributed by atoms with Crippen LogP contribution in [0.5, 0.6) is 5.75 Å². The molecule has 0 unspecified atom stereocenters. The molecular weight excluding hydrogens is 418 g/mol. The summed E-state index contributed by atoms with van der Waals surface area (Å²) >= 11 is 0. The summed E-state index contributed by atoms with van der Waals surface area (Å²) in [5.41, 5.74) is 0.294. The van der Waals surface area contributed by atoms with Crippen LogP contribution in [0.2, 0.25) is 0 Å². The highest BCUT2D eigenvalue weighted by Crippen LogP contribution is 2.33. The Morgan fingerprint density at radius 3 is 2.19 bits per heavy atom. The largest absolute Gasteiger partial charge is 0.508 e. The predicted molar refractivity (Wildman–Crippen MR) is 116 cm³/mol. The third-order valence-corrected chi connectivity index (χ3v) is 5.88. The van der Waals surface area contributed by atoms with Gasteiger partial charge in [0.15, 0.2) is 5.78 Å². The molecule has 0 saturated heterocycles. The number of aromatic hydroxyl groups is 1. The van der Waals surface area contributed by atoms with Gasteiger partial charge in [0.25, 0.3) is 10.0 Å². The van der Waals surface area contributed by atoms with Gasteiger partial charge in [-0.15, -0.1) is 0 Å². The quantitative estimate of drug-likeness (QED) is 0.240. The Morgan fingerprint density at radius 2 is 1.58 bits per heavy atom. The number of sulfonamides is 1. The highest BCUT2D eigenvalue weighted by molar-refractivity contribution is 7.92. The van der Waals surface area contributed by atoms with Crippen LogP contribution < -0.4 is 4.72 Å². The van der Waals surface area contributed by atoms with Crippen LogP contribution in [-0.2, 0) is 19.6 Å². The zero-order valence-corrected chi connectivity index (χ0v) is 17.5. The molecular formula is C23H21NO6S. The van der Waals surface area contributed by atoms with Crippen molar-refractivity contribution < 1.29 is 27.9 Å². The molecule has 0 bridgehead atoms. The van der Waals surface area contributed by atoms with Gasteiger partial charge in [0, 0.05) is 16.8 Å². The number of benzene rings is 3.